The molecule has 0 spiro atoms. The third-order valence-electron chi connectivity index (χ3n) is 3.17. The number of piperazine rings is 1. The highest BCUT2D eigenvalue weighted by Gasteiger charge is 2.24. The number of aromatic nitrogens is 4. The maximum Gasteiger partial charge on any atom is 0.245 e. The average Bonchev–Trinajstić information content (AvgIpc) is 2.95. The van der Waals surface area contributed by atoms with E-state index in [0.29, 0.717) is 12.1 Å². The number of H-pyrrole nitrogens is 1. The first-order chi connectivity index (χ1) is 9.11. The topological polar surface area (TPSA) is 69.7 Å². The SMILES string of the molecule is Cc1ncc(-c2nc(N3CC(C)NC(C)C3)n[nH]2)s1. The van der Waals surface area contributed by atoms with Crippen molar-refractivity contribution in [2.75, 3.05) is 18.0 Å². The lowest BCUT2D eigenvalue weighted by Crippen LogP contribution is -2.54. The van der Waals surface area contributed by atoms with Crippen LogP contribution in [0.3, 0.4) is 0 Å². The predicted molar refractivity (Wildman–Crippen MR) is 76.5 cm³/mol. The molecule has 2 aromatic heterocycles. The highest BCUT2D eigenvalue weighted by Crippen LogP contribution is 2.24. The normalized spacial score (nSPS) is 23.8. The molecule has 0 bridgehead atoms. The van der Waals surface area contributed by atoms with Gasteiger partial charge in [0.25, 0.3) is 0 Å². The van der Waals surface area contributed by atoms with E-state index in [1.54, 1.807) is 11.3 Å². The molecule has 0 aliphatic carbocycles. The third-order valence-corrected chi connectivity index (χ3v) is 4.09. The zero-order valence-electron chi connectivity index (χ0n) is 11.3. The van der Waals surface area contributed by atoms with Gasteiger partial charge in [-0.25, -0.2) is 4.98 Å². The predicted octanol–water partition coefficient (Wildman–Crippen LogP) is 1.42. The average molecular weight is 278 g/mol. The summed E-state index contributed by atoms with van der Waals surface area (Å²) < 4.78 is 0. The quantitative estimate of drug-likeness (QED) is 0.869. The second-order valence-electron chi connectivity index (χ2n) is 5.10. The molecule has 2 unspecified atom stereocenters. The molecule has 2 aromatic rings. The second-order valence-corrected chi connectivity index (χ2v) is 6.34. The second kappa shape index (κ2) is 4.90. The summed E-state index contributed by atoms with van der Waals surface area (Å²) in [5.74, 6) is 1.58. The number of thiazole rings is 1. The van der Waals surface area contributed by atoms with Crippen LogP contribution in [0.15, 0.2) is 6.20 Å². The number of nitrogens with one attached hydrogen (secondary N) is 2. The molecule has 0 aromatic carbocycles. The van der Waals surface area contributed by atoms with Gasteiger partial charge in [-0.1, -0.05) is 0 Å². The summed E-state index contributed by atoms with van der Waals surface area (Å²) in [5.41, 5.74) is 0. The Morgan fingerprint density at radius 2 is 2.05 bits per heavy atom. The first-order valence-corrected chi connectivity index (χ1v) is 7.29. The van der Waals surface area contributed by atoms with Crippen LogP contribution in [-0.2, 0) is 0 Å². The molecular weight excluding hydrogens is 260 g/mol. The number of hydrogen-bond acceptors (Lipinski definition) is 6. The number of hydrogen-bond donors (Lipinski definition) is 2. The lowest BCUT2D eigenvalue weighted by atomic mass is 10.1. The van der Waals surface area contributed by atoms with E-state index in [1.807, 2.05) is 13.1 Å². The number of rotatable bonds is 2. The van der Waals surface area contributed by atoms with Gasteiger partial charge in [-0.15, -0.1) is 16.4 Å². The van der Waals surface area contributed by atoms with Gasteiger partial charge in [0.15, 0.2) is 5.82 Å². The number of anilines is 1. The Bertz CT molecular complexity index is 552. The summed E-state index contributed by atoms with van der Waals surface area (Å²) in [6.07, 6.45) is 1.84. The van der Waals surface area contributed by atoms with Crippen molar-refractivity contribution >= 4 is 17.3 Å². The van der Waals surface area contributed by atoms with Gasteiger partial charge < -0.3 is 10.2 Å². The summed E-state index contributed by atoms with van der Waals surface area (Å²) in [6, 6.07) is 0.910. The van der Waals surface area contributed by atoms with E-state index in [4.69, 9.17) is 0 Å². The van der Waals surface area contributed by atoms with E-state index < -0.39 is 0 Å². The number of aromatic amines is 1. The third kappa shape index (κ3) is 2.62. The molecule has 2 atom stereocenters. The van der Waals surface area contributed by atoms with Crippen LogP contribution in [0.1, 0.15) is 18.9 Å². The fourth-order valence-corrected chi connectivity index (χ4v) is 3.18. The first kappa shape index (κ1) is 12.6. The molecule has 0 amide bonds. The lowest BCUT2D eigenvalue weighted by Gasteiger charge is -2.35. The van der Waals surface area contributed by atoms with Gasteiger partial charge in [0.2, 0.25) is 5.95 Å². The molecular formula is C12H18N6S. The monoisotopic (exact) mass is 278 g/mol. The largest absolute Gasteiger partial charge is 0.336 e. The zero-order valence-corrected chi connectivity index (χ0v) is 12.2. The van der Waals surface area contributed by atoms with Crippen molar-refractivity contribution in [1.82, 2.24) is 25.5 Å². The van der Waals surface area contributed by atoms with Gasteiger partial charge in [0, 0.05) is 31.4 Å². The maximum atomic E-state index is 4.59. The summed E-state index contributed by atoms with van der Waals surface area (Å²) in [5, 5.41) is 11.9. The van der Waals surface area contributed by atoms with Crippen LogP contribution < -0.4 is 10.2 Å². The van der Waals surface area contributed by atoms with Crippen LogP contribution in [-0.4, -0.2) is 45.3 Å². The van der Waals surface area contributed by atoms with E-state index >= 15 is 0 Å². The van der Waals surface area contributed by atoms with Crippen molar-refractivity contribution < 1.29 is 0 Å². The van der Waals surface area contributed by atoms with Gasteiger partial charge >= 0.3 is 0 Å². The number of nitrogens with zero attached hydrogens (tertiary/aromatic N) is 4. The summed E-state index contributed by atoms with van der Waals surface area (Å²) in [7, 11) is 0. The van der Waals surface area contributed by atoms with Crippen molar-refractivity contribution in [3.8, 4) is 10.7 Å². The Morgan fingerprint density at radius 3 is 2.68 bits per heavy atom. The minimum absolute atomic E-state index is 0.455. The Morgan fingerprint density at radius 1 is 1.32 bits per heavy atom. The highest BCUT2D eigenvalue weighted by atomic mass is 32.1. The van der Waals surface area contributed by atoms with Crippen LogP contribution in [0, 0.1) is 6.92 Å². The molecule has 1 fully saturated rings. The molecule has 3 rings (SSSR count). The van der Waals surface area contributed by atoms with E-state index in [1.165, 1.54) is 0 Å². The molecule has 0 radical (unpaired) electrons. The maximum absolute atomic E-state index is 4.59. The summed E-state index contributed by atoms with van der Waals surface area (Å²) >= 11 is 1.63. The Labute approximate surface area is 116 Å². The molecule has 7 heteroatoms. The molecule has 6 nitrogen and oxygen atoms in total. The summed E-state index contributed by atoms with van der Waals surface area (Å²) in [6.45, 7) is 8.23. The zero-order chi connectivity index (χ0) is 13.4. The minimum Gasteiger partial charge on any atom is -0.336 e. The fraction of sp³-hybridized carbons (Fsp3) is 0.583. The lowest BCUT2D eigenvalue weighted by molar-refractivity contribution is 0.403. The van der Waals surface area contributed by atoms with Crippen LogP contribution in [0.25, 0.3) is 10.7 Å². The molecule has 1 aliphatic rings. The van der Waals surface area contributed by atoms with Crippen LogP contribution in [0.5, 0.6) is 0 Å². The molecule has 0 saturated carbocycles. The molecule has 1 aliphatic heterocycles. The van der Waals surface area contributed by atoms with Crippen molar-refractivity contribution in [2.24, 2.45) is 0 Å². The van der Waals surface area contributed by atoms with E-state index in [0.717, 1.165) is 34.7 Å². The van der Waals surface area contributed by atoms with Gasteiger partial charge in [-0.2, -0.15) is 4.98 Å². The molecule has 2 N–H and O–H groups in total. The van der Waals surface area contributed by atoms with Crippen LogP contribution >= 0.6 is 11.3 Å². The van der Waals surface area contributed by atoms with Crippen molar-refractivity contribution in [3.63, 3.8) is 0 Å². The van der Waals surface area contributed by atoms with Crippen molar-refractivity contribution in [3.05, 3.63) is 11.2 Å². The Balaban J connectivity index is 1.81. The first-order valence-electron chi connectivity index (χ1n) is 6.48. The molecule has 102 valence electrons. The molecule has 19 heavy (non-hydrogen) atoms. The smallest absolute Gasteiger partial charge is 0.245 e. The van der Waals surface area contributed by atoms with Gasteiger partial charge in [0.1, 0.15) is 0 Å². The minimum atomic E-state index is 0.455. The van der Waals surface area contributed by atoms with Crippen molar-refractivity contribution in [1.29, 1.82) is 0 Å². The van der Waals surface area contributed by atoms with Gasteiger partial charge in [-0.3, -0.25) is 5.10 Å². The highest BCUT2D eigenvalue weighted by molar-refractivity contribution is 7.14. The Hall–Kier alpha value is -1.47. The fourth-order valence-electron chi connectivity index (χ4n) is 2.47. The van der Waals surface area contributed by atoms with Gasteiger partial charge in [-0.05, 0) is 20.8 Å². The molecule has 1 saturated heterocycles. The standard InChI is InChI=1S/C12H18N6S/c1-7-5-18(6-8(2)14-7)12-15-11(16-17-12)10-4-13-9(3)19-10/h4,7-8,14H,5-6H2,1-3H3,(H,15,16,17). The van der Waals surface area contributed by atoms with E-state index in [9.17, 15) is 0 Å². The van der Waals surface area contributed by atoms with Gasteiger partial charge in [0.05, 0.1) is 9.88 Å². The van der Waals surface area contributed by atoms with E-state index in [-0.39, 0.29) is 0 Å². The number of aryl methyl sites for hydroxylation is 1. The van der Waals surface area contributed by atoms with Crippen LogP contribution in [0.2, 0.25) is 0 Å². The summed E-state index contributed by atoms with van der Waals surface area (Å²) in [4.78, 5) is 12.1. The van der Waals surface area contributed by atoms with E-state index in [2.05, 4.69) is 44.2 Å². The van der Waals surface area contributed by atoms with Crippen molar-refractivity contribution in [2.45, 2.75) is 32.9 Å². The Kier molecular flexibility index (Phi) is 3.24. The molecule has 3 heterocycles. The van der Waals surface area contributed by atoms with Crippen LogP contribution in [0.4, 0.5) is 5.95 Å².